The molecule has 3 aromatic rings. The molecule has 0 unspecified atom stereocenters. The maximum absolute atomic E-state index is 10.9. The van der Waals surface area contributed by atoms with Crippen LogP contribution in [0.2, 0.25) is 0 Å². The summed E-state index contributed by atoms with van der Waals surface area (Å²) < 4.78 is 0. The molecule has 0 spiro atoms. The van der Waals surface area contributed by atoms with Gasteiger partial charge in [-0.3, -0.25) is 4.79 Å². The van der Waals surface area contributed by atoms with Crippen LogP contribution in [0.25, 0.3) is 21.5 Å². The van der Waals surface area contributed by atoms with E-state index in [1.807, 2.05) is 42.5 Å². The van der Waals surface area contributed by atoms with Crippen LogP contribution in [0.5, 0.6) is 0 Å². The van der Waals surface area contributed by atoms with Crippen LogP contribution in [0.4, 0.5) is 0 Å². The van der Waals surface area contributed by atoms with Gasteiger partial charge >= 0.3 is 5.97 Å². The average Bonchev–Trinajstić information content (AvgIpc) is 2.45. The topological polar surface area (TPSA) is 63.3 Å². The van der Waals surface area contributed by atoms with Crippen LogP contribution in [0.3, 0.4) is 0 Å². The van der Waals surface area contributed by atoms with Gasteiger partial charge in [-0.1, -0.05) is 48.5 Å². The number of hydrogen-bond acceptors (Lipinski definition) is 2. The summed E-state index contributed by atoms with van der Waals surface area (Å²) in [5.74, 6) is -0.880. The summed E-state index contributed by atoms with van der Waals surface area (Å²) in [4.78, 5) is 10.9. The molecule has 3 heteroatoms. The minimum Gasteiger partial charge on any atom is -0.481 e. The molecule has 0 fully saturated rings. The van der Waals surface area contributed by atoms with Gasteiger partial charge in [-0.05, 0) is 33.2 Å². The van der Waals surface area contributed by atoms with Crippen LogP contribution >= 0.6 is 0 Å². The van der Waals surface area contributed by atoms with Gasteiger partial charge < -0.3 is 10.8 Å². The number of rotatable bonds is 3. The van der Waals surface area contributed by atoms with E-state index in [4.69, 9.17) is 10.8 Å². The van der Waals surface area contributed by atoms with Crippen LogP contribution in [0.1, 0.15) is 18.0 Å². The largest absolute Gasteiger partial charge is 0.481 e. The predicted octanol–water partition coefficient (Wildman–Crippen LogP) is 3.47. The molecule has 3 aromatic carbocycles. The van der Waals surface area contributed by atoms with Crippen LogP contribution < -0.4 is 5.73 Å². The first kappa shape index (κ1) is 12.6. The lowest BCUT2D eigenvalue weighted by molar-refractivity contribution is -0.137. The summed E-state index contributed by atoms with van der Waals surface area (Å²) in [5.41, 5.74) is 6.96. The zero-order valence-electron chi connectivity index (χ0n) is 10.9. The van der Waals surface area contributed by atoms with Crippen LogP contribution in [0.15, 0.2) is 54.6 Å². The Bertz CT molecular complexity index is 795. The SMILES string of the molecule is N[C@H](CC(=O)O)c1cc2ccccc2c2ccccc12. The Hall–Kier alpha value is -2.39. The summed E-state index contributed by atoms with van der Waals surface area (Å²) in [6.07, 6.45) is -0.0671. The van der Waals surface area contributed by atoms with E-state index in [0.29, 0.717) is 0 Å². The molecule has 3 N–H and O–H groups in total. The van der Waals surface area contributed by atoms with Crippen LogP contribution in [0, 0.1) is 0 Å². The molecule has 0 aromatic heterocycles. The minimum atomic E-state index is -0.880. The summed E-state index contributed by atoms with van der Waals surface area (Å²) in [5, 5.41) is 13.3. The number of aliphatic carboxylic acids is 1. The first-order valence-corrected chi connectivity index (χ1v) is 6.54. The normalized spacial score (nSPS) is 12.7. The molecule has 0 saturated heterocycles. The number of hydrogen-bond donors (Lipinski definition) is 2. The molecular formula is C17H15NO2. The van der Waals surface area contributed by atoms with Gasteiger partial charge in [0.2, 0.25) is 0 Å². The van der Waals surface area contributed by atoms with Gasteiger partial charge in [0.15, 0.2) is 0 Å². The summed E-state index contributed by atoms with van der Waals surface area (Å²) >= 11 is 0. The van der Waals surface area contributed by atoms with Gasteiger partial charge in [-0.2, -0.15) is 0 Å². The Kier molecular flexibility index (Phi) is 3.12. The van der Waals surface area contributed by atoms with E-state index in [2.05, 4.69) is 12.1 Å². The number of carbonyl (C=O) groups is 1. The third-order valence-corrected chi connectivity index (χ3v) is 3.59. The monoisotopic (exact) mass is 265 g/mol. The fraction of sp³-hybridized carbons (Fsp3) is 0.118. The smallest absolute Gasteiger partial charge is 0.305 e. The van der Waals surface area contributed by atoms with Gasteiger partial charge in [0.1, 0.15) is 0 Å². The van der Waals surface area contributed by atoms with Crippen molar-refractivity contribution in [2.45, 2.75) is 12.5 Å². The molecule has 0 bridgehead atoms. The minimum absolute atomic E-state index is 0.0671. The Morgan fingerprint density at radius 2 is 1.60 bits per heavy atom. The van der Waals surface area contributed by atoms with E-state index >= 15 is 0 Å². The third-order valence-electron chi connectivity index (χ3n) is 3.59. The van der Waals surface area contributed by atoms with Crippen molar-refractivity contribution in [3.8, 4) is 0 Å². The molecule has 100 valence electrons. The van der Waals surface area contributed by atoms with Gasteiger partial charge in [-0.25, -0.2) is 0 Å². The van der Waals surface area contributed by atoms with Crippen molar-refractivity contribution < 1.29 is 9.90 Å². The molecule has 0 radical (unpaired) electrons. The zero-order chi connectivity index (χ0) is 14.1. The molecule has 0 saturated carbocycles. The van der Waals surface area contributed by atoms with Crippen molar-refractivity contribution in [1.29, 1.82) is 0 Å². The van der Waals surface area contributed by atoms with Crippen molar-refractivity contribution in [2.75, 3.05) is 0 Å². The summed E-state index contributed by atoms with van der Waals surface area (Å²) in [7, 11) is 0. The lowest BCUT2D eigenvalue weighted by Crippen LogP contribution is -2.15. The van der Waals surface area contributed by atoms with Crippen molar-refractivity contribution in [3.63, 3.8) is 0 Å². The second kappa shape index (κ2) is 4.94. The first-order valence-electron chi connectivity index (χ1n) is 6.54. The van der Waals surface area contributed by atoms with Gasteiger partial charge in [0.25, 0.3) is 0 Å². The fourth-order valence-electron chi connectivity index (χ4n) is 2.69. The molecular weight excluding hydrogens is 250 g/mol. The molecule has 20 heavy (non-hydrogen) atoms. The number of fused-ring (bicyclic) bond motifs is 3. The Balaban J connectivity index is 2.31. The van der Waals surface area contributed by atoms with Crippen LogP contribution in [-0.2, 0) is 4.79 Å². The predicted molar refractivity (Wildman–Crippen MR) is 80.6 cm³/mol. The summed E-state index contributed by atoms with van der Waals surface area (Å²) in [6.45, 7) is 0. The Morgan fingerprint density at radius 3 is 2.30 bits per heavy atom. The highest BCUT2D eigenvalue weighted by molar-refractivity contribution is 6.09. The zero-order valence-corrected chi connectivity index (χ0v) is 10.9. The van der Waals surface area contributed by atoms with E-state index in [0.717, 1.165) is 27.1 Å². The quantitative estimate of drug-likeness (QED) is 0.713. The fourth-order valence-corrected chi connectivity index (χ4v) is 2.69. The molecule has 0 heterocycles. The molecule has 0 aliphatic heterocycles. The van der Waals surface area contributed by atoms with E-state index < -0.39 is 12.0 Å². The van der Waals surface area contributed by atoms with Gasteiger partial charge in [-0.15, -0.1) is 0 Å². The highest BCUT2D eigenvalue weighted by Crippen LogP contribution is 2.32. The molecule has 3 nitrogen and oxygen atoms in total. The second-order valence-corrected chi connectivity index (χ2v) is 4.94. The van der Waals surface area contributed by atoms with E-state index in [-0.39, 0.29) is 6.42 Å². The van der Waals surface area contributed by atoms with Crippen molar-refractivity contribution in [1.82, 2.24) is 0 Å². The third kappa shape index (κ3) is 2.12. The maximum Gasteiger partial charge on any atom is 0.305 e. The number of nitrogens with two attached hydrogens (primary N) is 1. The van der Waals surface area contributed by atoms with Crippen molar-refractivity contribution in [3.05, 3.63) is 60.2 Å². The van der Waals surface area contributed by atoms with Crippen molar-refractivity contribution >= 4 is 27.5 Å². The highest BCUT2D eigenvalue weighted by atomic mass is 16.4. The number of benzene rings is 3. The highest BCUT2D eigenvalue weighted by Gasteiger charge is 2.15. The lowest BCUT2D eigenvalue weighted by atomic mass is 9.93. The van der Waals surface area contributed by atoms with Crippen LogP contribution in [-0.4, -0.2) is 11.1 Å². The first-order chi connectivity index (χ1) is 9.66. The van der Waals surface area contributed by atoms with E-state index in [1.54, 1.807) is 0 Å². The number of carboxylic acids is 1. The summed E-state index contributed by atoms with van der Waals surface area (Å²) in [6, 6.07) is 17.6. The Morgan fingerprint density at radius 1 is 1.00 bits per heavy atom. The van der Waals surface area contributed by atoms with Gasteiger partial charge in [0.05, 0.1) is 6.42 Å². The standard InChI is InChI=1S/C17H15NO2/c18-16(10-17(19)20)15-9-11-5-1-2-6-12(11)13-7-3-4-8-14(13)15/h1-9,16H,10,18H2,(H,19,20)/t16-/m1/s1. The molecule has 0 aliphatic carbocycles. The second-order valence-electron chi connectivity index (χ2n) is 4.94. The van der Waals surface area contributed by atoms with Crippen molar-refractivity contribution in [2.24, 2.45) is 5.73 Å². The molecule has 0 aliphatic rings. The van der Waals surface area contributed by atoms with Gasteiger partial charge in [0, 0.05) is 6.04 Å². The molecule has 3 rings (SSSR count). The number of carboxylic acid groups (broad SMARTS) is 1. The van der Waals surface area contributed by atoms with E-state index in [9.17, 15) is 4.79 Å². The Labute approximate surface area is 116 Å². The van der Waals surface area contributed by atoms with E-state index in [1.165, 1.54) is 0 Å². The maximum atomic E-state index is 10.9. The average molecular weight is 265 g/mol. The molecule has 1 atom stereocenters. The lowest BCUT2D eigenvalue weighted by Gasteiger charge is -2.15. The molecule has 0 amide bonds.